The fraction of sp³-hybridized carbons (Fsp3) is 0.375. The fourth-order valence-corrected chi connectivity index (χ4v) is 4.14. The van der Waals surface area contributed by atoms with Crippen LogP contribution in [0.2, 0.25) is 5.02 Å². The molecule has 2 aliphatic carbocycles. The van der Waals surface area contributed by atoms with E-state index in [1.165, 1.54) is 12.0 Å². The zero-order chi connectivity index (χ0) is 14.7. The van der Waals surface area contributed by atoms with E-state index in [1.54, 1.807) is 18.2 Å². The number of methoxy groups -OCH3 is 1. The lowest BCUT2D eigenvalue weighted by Crippen LogP contribution is -2.33. The second kappa shape index (κ2) is 4.34. The molecule has 1 saturated heterocycles. The van der Waals surface area contributed by atoms with Crippen LogP contribution in [0.15, 0.2) is 30.4 Å². The van der Waals surface area contributed by atoms with Crippen LogP contribution >= 0.6 is 11.6 Å². The highest BCUT2D eigenvalue weighted by Gasteiger charge is 2.59. The molecule has 2 amide bonds. The zero-order valence-corrected chi connectivity index (χ0v) is 12.2. The number of amides is 2. The number of imide groups is 1. The monoisotopic (exact) mass is 303 g/mol. The van der Waals surface area contributed by atoms with E-state index in [9.17, 15) is 9.59 Å². The standard InChI is InChI=1S/C16H14ClNO3/c1-21-12-5-4-10(17)7-11(12)18-15(19)13-8-2-3-9(6-8)14(13)16(18)20/h2-5,7-9,13-14H,6H2,1H3. The first kappa shape index (κ1) is 12.9. The molecule has 4 unspecified atom stereocenters. The van der Waals surface area contributed by atoms with Gasteiger partial charge in [-0.1, -0.05) is 23.8 Å². The normalized spacial score (nSPS) is 33.0. The Morgan fingerprint density at radius 3 is 2.33 bits per heavy atom. The minimum Gasteiger partial charge on any atom is -0.495 e. The molecule has 4 atom stereocenters. The highest BCUT2D eigenvalue weighted by atomic mass is 35.5. The molecule has 3 aliphatic rings. The number of rotatable bonds is 2. The molecule has 0 N–H and O–H groups in total. The predicted molar refractivity (Wildman–Crippen MR) is 78.2 cm³/mol. The number of benzene rings is 1. The number of ether oxygens (including phenoxy) is 1. The highest BCUT2D eigenvalue weighted by molar-refractivity contribution is 6.31. The van der Waals surface area contributed by atoms with Gasteiger partial charge in [-0.15, -0.1) is 0 Å². The van der Waals surface area contributed by atoms with E-state index in [1.807, 2.05) is 0 Å². The number of hydrogen-bond donors (Lipinski definition) is 0. The Kier molecular flexibility index (Phi) is 2.67. The average molecular weight is 304 g/mol. The maximum Gasteiger partial charge on any atom is 0.238 e. The summed E-state index contributed by atoms with van der Waals surface area (Å²) in [4.78, 5) is 26.7. The van der Waals surface area contributed by atoms with Gasteiger partial charge >= 0.3 is 0 Å². The van der Waals surface area contributed by atoms with Crippen molar-refractivity contribution in [2.75, 3.05) is 12.0 Å². The maximum atomic E-state index is 12.7. The molecule has 2 bridgehead atoms. The van der Waals surface area contributed by atoms with Crippen LogP contribution in [-0.4, -0.2) is 18.9 Å². The lowest BCUT2D eigenvalue weighted by atomic mass is 9.85. The van der Waals surface area contributed by atoms with E-state index in [2.05, 4.69) is 12.2 Å². The van der Waals surface area contributed by atoms with Crippen LogP contribution in [0, 0.1) is 23.7 Å². The van der Waals surface area contributed by atoms with Gasteiger partial charge in [0.15, 0.2) is 0 Å². The molecule has 5 heteroatoms. The van der Waals surface area contributed by atoms with Crippen LogP contribution in [0.1, 0.15) is 6.42 Å². The van der Waals surface area contributed by atoms with E-state index in [-0.39, 0.29) is 35.5 Å². The number of halogens is 1. The van der Waals surface area contributed by atoms with Gasteiger partial charge in [-0.3, -0.25) is 9.59 Å². The van der Waals surface area contributed by atoms with Crippen molar-refractivity contribution in [1.29, 1.82) is 0 Å². The Balaban J connectivity index is 1.79. The third-order valence-electron chi connectivity index (χ3n) is 4.85. The summed E-state index contributed by atoms with van der Waals surface area (Å²) in [5.74, 6) is 0.219. The van der Waals surface area contributed by atoms with Gasteiger partial charge in [0.2, 0.25) is 11.8 Å². The third-order valence-corrected chi connectivity index (χ3v) is 5.09. The minimum atomic E-state index is -0.212. The Bertz CT molecular complexity index is 654. The van der Waals surface area contributed by atoms with E-state index in [0.717, 1.165) is 6.42 Å². The minimum absolute atomic E-state index is 0.123. The Hall–Kier alpha value is -1.81. The van der Waals surface area contributed by atoms with E-state index < -0.39 is 0 Å². The summed E-state index contributed by atoms with van der Waals surface area (Å²) in [5, 5.41) is 0.476. The summed E-state index contributed by atoms with van der Waals surface area (Å²) in [6.07, 6.45) is 5.08. The third kappa shape index (κ3) is 1.62. The second-order valence-electron chi connectivity index (χ2n) is 5.83. The smallest absolute Gasteiger partial charge is 0.238 e. The van der Waals surface area contributed by atoms with Crippen LogP contribution < -0.4 is 9.64 Å². The van der Waals surface area contributed by atoms with Crippen LogP contribution in [0.3, 0.4) is 0 Å². The van der Waals surface area contributed by atoms with Crippen molar-refractivity contribution >= 4 is 29.1 Å². The fourth-order valence-electron chi connectivity index (χ4n) is 3.98. The molecular formula is C16H14ClNO3. The number of allylic oxidation sites excluding steroid dienone is 2. The number of nitrogens with zero attached hydrogens (tertiary/aromatic N) is 1. The molecular weight excluding hydrogens is 290 g/mol. The predicted octanol–water partition coefficient (Wildman–Crippen LogP) is 2.66. The van der Waals surface area contributed by atoms with Crippen molar-refractivity contribution < 1.29 is 14.3 Å². The van der Waals surface area contributed by atoms with Gasteiger partial charge in [-0.05, 0) is 36.5 Å². The maximum absolute atomic E-state index is 12.7. The van der Waals surface area contributed by atoms with Gasteiger partial charge < -0.3 is 4.74 Å². The summed E-state index contributed by atoms with van der Waals surface area (Å²) in [6.45, 7) is 0. The first-order valence-corrected chi connectivity index (χ1v) is 7.39. The van der Waals surface area contributed by atoms with Crippen molar-refractivity contribution in [1.82, 2.24) is 0 Å². The van der Waals surface area contributed by atoms with Gasteiger partial charge in [-0.2, -0.15) is 0 Å². The van der Waals surface area contributed by atoms with Gasteiger partial charge in [0, 0.05) is 5.02 Å². The lowest BCUT2D eigenvalue weighted by molar-refractivity contribution is -0.123. The Morgan fingerprint density at radius 1 is 1.14 bits per heavy atom. The zero-order valence-electron chi connectivity index (χ0n) is 11.5. The van der Waals surface area contributed by atoms with Gasteiger partial charge in [0.1, 0.15) is 5.75 Å². The molecule has 1 aromatic rings. The Labute approximate surface area is 127 Å². The quantitative estimate of drug-likeness (QED) is 0.623. The van der Waals surface area contributed by atoms with Crippen molar-refractivity contribution in [3.63, 3.8) is 0 Å². The van der Waals surface area contributed by atoms with E-state index in [4.69, 9.17) is 16.3 Å². The van der Waals surface area contributed by atoms with Crippen molar-refractivity contribution in [2.24, 2.45) is 23.7 Å². The first-order valence-electron chi connectivity index (χ1n) is 7.01. The molecule has 1 heterocycles. The molecule has 1 aliphatic heterocycles. The SMILES string of the molecule is COc1ccc(Cl)cc1N1C(=O)C2C3C=CC(C3)C2C1=O. The molecule has 4 nitrogen and oxygen atoms in total. The molecule has 1 saturated carbocycles. The molecule has 21 heavy (non-hydrogen) atoms. The summed E-state index contributed by atoms with van der Waals surface area (Å²) in [6, 6.07) is 4.98. The summed E-state index contributed by atoms with van der Waals surface area (Å²) < 4.78 is 5.28. The number of fused-ring (bicyclic) bond motifs is 5. The van der Waals surface area contributed by atoms with Crippen LogP contribution in [0.4, 0.5) is 5.69 Å². The molecule has 1 aromatic carbocycles. The van der Waals surface area contributed by atoms with Crippen LogP contribution in [-0.2, 0) is 9.59 Å². The van der Waals surface area contributed by atoms with Gasteiger partial charge in [0.05, 0.1) is 24.6 Å². The molecule has 2 fully saturated rings. The molecule has 0 spiro atoms. The summed E-state index contributed by atoms with van der Waals surface area (Å²) >= 11 is 6.02. The molecule has 0 aromatic heterocycles. The van der Waals surface area contributed by atoms with Gasteiger partial charge in [-0.25, -0.2) is 4.90 Å². The van der Waals surface area contributed by atoms with Crippen LogP contribution in [0.25, 0.3) is 0 Å². The lowest BCUT2D eigenvalue weighted by Gasteiger charge is -2.20. The van der Waals surface area contributed by atoms with Crippen LogP contribution in [0.5, 0.6) is 5.75 Å². The number of anilines is 1. The summed E-state index contributed by atoms with van der Waals surface area (Å²) in [7, 11) is 1.52. The second-order valence-corrected chi connectivity index (χ2v) is 6.26. The molecule has 4 rings (SSSR count). The number of hydrogen-bond acceptors (Lipinski definition) is 3. The van der Waals surface area contributed by atoms with E-state index >= 15 is 0 Å². The number of carbonyl (C=O) groups excluding carboxylic acids is 2. The Morgan fingerprint density at radius 2 is 1.76 bits per heavy atom. The largest absolute Gasteiger partial charge is 0.495 e. The van der Waals surface area contributed by atoms with Gasteiger partial charge in [0.25, 0.3) is 0 Å². The van der Waals surface area contributed by atoms with Crippen molar-refractivity contribution in [2.45, 2.75) is 6.42 Å². The molecule has 0 radical (unpaired) electrons. The van der Waals surface area contributed by atoms with Crippen molar-refractivity contribution in [3.8, 4) is 5.75 Å². The number of carbonyl (C=O) groups is 2. The van der Waals surface area contributed by atoms with E-state index in [0.29, 0.717) is 16.5 Å². The topological polar surface area (TPSA) is 46.6 Å². The average Bonchev–Trinajstić information content (AvgIpc) is 3.13. The first-order chi connectivity index (χ1) is 10.1. The van der Waals surface area contributed by atoms with Crippen molar-refractivity contribution in [3.05, 3.63) is 35.4 Å². The molecule has 108 valence electrons. The summed E-state index contributed by atoms with van der Waals surface area (Å²) in [5.41, 5.74) is 0.453. The highest BCUT2D eigenvalue weighted by Crippen LogP contribution is 2.54.